The predicted octanol–water partition coefficient (Wildman–Crippen LogP) is 4.64. The number of carbonyl (C=O) groups excluding carboxylic acids is 2. The number of nitrogens with zero attached hydrogens (tertiary/aromatic N) is 1. The summed E-state index contributed by atoms with van der Waals surface area (Å²) in [6, 6.07) is 8.32. The van der Waals surface area contributed by atoms with Crippen molar-refractivity contribution in [3.63, 3.8) is 0 Å². The zero-order valence-electron chi connectivity index (χ0n) is 16.7. The van der Waals surface area contributed by atoms with Gasteiger partial charge in [0, 0.05) is 11.6 Å². The number of amides is 2. The van der Waals surface area contributed by atoms with Crippen LogP contribution in [0.15, 0.2) is 36.4 Å². The molecule has 3 saturated carbocycles. The molecule has 6 nitrogen and oxygen atoms in total. The highest BCUT2D eigenvalue weighted by Crippen LogP contribution is 2.64. The molecule has 2 aromatic rings. The Hall–Kier alpha value is -2.58. The van der Waals surface area contributed by atoms with Crippen molar-refractivity contribution in [1.29, 1.82) is 0 Å². The van der Waals surface area contributed by atoms with Crippen LogP contribution in [-0.4, -0.2) is 41.1 Å². The topological polar surface area (TPSA) is 67.9 Å². The Labute approximate surface area is 192 Å². The summed E-state index contributed by atoms with van der Waals surface area (Å²) in [6.07, 6.45) is 0.814. The van der Waals surface area contributed by atoms with Crippen molar-refractivity contribution in [2.75, 3.05) is 13.2 Å². The van der Waals surface area contributed by atoms with E-state index < -0.39 is 23.8 Å². The molecule has 2 aromatic carbocycles. The van der Waals surface area contributed by atoms with Gasteiger partial charge in [-0.05, 0) is 49.1 Å². The molecule has 2 bridgehead atoms. The highest BCUT2D eigenvalue weighted by molar-refractivity contribution is 6.31. The van der Waals surface area contributed by atoms with Crippen LogP contribution in [-0.2, 0) is 9.53 Å². The third-order valence-corrected chi connectivity index (χ3v) is 6.98. The average Bonchev–Trinajstić information content (AvgIpc) is 3.08. The zero-order valence-corrected chi connectivity index (χ0v) is 18.2. The predicted molar refractivity (Wildman–Crippen MR) is 112 cm³/mol. The van der Waals surface area contributed by atoms with E-state index in [9.17, 15) is 18.4 Å². The lowest BCUT2D eigenvalue weighted by atomic mass is 9.43. The van der Waals surface area contributed by atoms with Crippen molar-refractivity contribution in [3.8, 4) is 5.75 Å². The molecular formula is C22H18Cl2F2N2O4. The van der Waals surface area contributed by atoms with E-state index in [0.29, 0.717) is 31.4 Å². The molecule has 2 amide bonds. The molecule has 1 heterocycles. The van der Waals surface area contributed by atoms with Gasteiger partial charge in [0.2, 0.25) is 0 Å². The van der Waals surface area contributed by atoms with Crippen LogP contribution >= 0.6 is 23.2 Å². The minimum atomic E-state index is -0.622. The fourth-order valence-corrected chi connectivity index (χ4v) is 5.17. The Morgan fingerprint density at radius 1 is 1.12 bits per heavy atom. The van der Waals surface area contributed by atoms with Crippen molar-refractivity contribution >= 4 is 35.2 Å². The lowest BCUT2D eigenvalue weighted by molar-refractivity contribution is -0.167. The summed E-state index contributed by atoms with van der Waals surface area (Å²) in [4.78, 5) is 26.4. The number of ether oxygens (including phenoxy) is 2. The minimum absolute atomic E-state index is 0.0113. The second kappa shape index (κ2) is 7.49. The lowest BCUT2D eigenvalue weighted by Gasteiger charge is -2.72. The maximum Gasteiger partial charge on any atom is 0.411 e. The quantitative estimate of drug-likeness (QED) is 0.651. The van der Waals surface area contributed by atoms with Crippen molar-refractivity contribution in [1.82, 2.24) is 10.2 Å². The van der Waals surface area contributed by atoms with Crippen molar-refractivity contribution < 1.29 is 27.8 Å². The maximum atomic E-state index is 13.8. The number of hydrogen-bond donors (Lipinski definition) is 1. The molecule has 1 N–H and O–H groups in total. The number of cyclic esters (lactones) is 1. The molecule has 0 spiro atoms. The molecule has 0 radical (unpaired) electrons. The lowest BCUT2D eigenvalue weighted by Crippen LogP contribution is -2.84. The summed E-state index contributed by atoms with van der Waals surface area (Å²) in [5.41, 5.74) is -0.186. The first-order valence-electron chi connectivity index (χ1n) is 10.0. The van der Waals surface area contributed by atoms with Crippen LogP contribution in [0.1, 0.15) is 30.9 Å². The molecule has 168 valence electrons. The normalized spacial score (nSPS) is 27.9. The van der Waals surface area contributed by atoms with Crippen LogP contribution < -0.4 is 10.1 Å². The second-order valence-electron chi connectivity index (χ2n) is 8.60. The Kier molecular flexibility index (Phi) is 4.98. The van der Waals surface area contributed by atoms with Crippen LogP contribution in [0.5, 0.6) is 5.75 Å². The zero-order chi connectivity index (χ0) is 22.7. The van der Waals surface area contributed by atoms with Gasteiger partial charge in [-0.3, -0.25) is 9.69 Å². The van der Waals surface area contributed by atoms with Crippen LogP contribution in [0.4, 0.5) is 13.6 Å². The smallest absolute Gasteiger partial charge is 0.411 e. The van der Waals surface area contributed by atoms with E-state index in [1.165, 1.54) is 24.3 Å². The maximum absolute atomic E-state index is 13.8. The number of carbonyl (C=O) groups is 2. The van der Waals surface area contributed by atoms with Crippen molar-refractivity contribution in [2.24, 2.45) is 0 Å². The van der Waals surface area contributed by atoms with Gasteiger partial charge in [0.15, 0.2) is 6.61 Å². The number of nitrogens with one attached hydrogen (secondary N) is 1. The average molecular weight is 483 g/mol. The van der Waals surface area contributed by atoms with Gasteiger partial charge in [0.05, 0.1) is 22.1 Å². The van der Waals surface area contributed by atoms with Gasteiger partial charge in [-0.2, -0.15) is 0 Å². The second-order valence-corrected chi connectivity index (χ2v) is 9.42. The molecule has 1 atom stereocenters. The van der Waals surface area contributed by atoms with E-state index >= 15 is 0 Å². The largest absolute Gasteiger partial charge is 0.484 e. The number of rotatable bonds is 6. The first kappa shape index (κ1) is 21.3. The molecule has 1 aliphatic heterocycles. The fourth-order valence-electron chi connectivity index (χ4n) is 4.94. The molecule has 0 aromatic heterocycles. The summed E-state index contributed by atoms with van der Waals surface area (Å²) in [5, 5.41) is 2.94. The van der Waals surface area contributed by atoms with Gasteiger partial charge in [0.25, 0.3) is 5.91 Å². The summed E-state index contributed by atoms with van der Waals surface area (Å²) >= 11 is 11.4. The molecule has 32 heavy (non-hydrogen) atoms. The minimum Gasteiger partial charge on any atom is -0.484 e. The Balaban J connectivity index is 1.14. The molecule has 6 rings (SSSR count). The van der Waals surface area contributed by atoms with E-state index in [2.05, 4.69) is 5.32 Å². The molecule has 1 saturated heterocycles. The van der Waals surface area contributed by atoms with Gasteiger partial charge >= 0.3 is 6.09 Å². The Morgan fingerprint density at radius 3 is 2.44 bits per heavy atom. The van der Waals surface area contributed by atoms with Crippen molar-refractivity contribution in [2.45, 2.75) is 36.4 Å². The van der Waals surface area contributed by atoms with Crippen molar-refractivity contribution in [3.05, 3.63) is 63.6 Å². The Morgan fingerprint density at radius 2 is 1.78 bits per heavy atom. The third-order valence-electron chi connectivity index (χ3n) is 6.37. The van der Waals surface area contributed by atoms with Gasteiger partial charge in [-0.1, -0.05) is 29.3 Å². The number of benzene rings is 2. The van der Waals surface area contributed by atoms with Gasteiger partial charge in [-0.15, -0.1) is 0 Å². The highest BCUT2D eigenvalue weighted by atomic mass is 35.5. The summed E-state index contributed by atoms with van der Waals surface area (Å²) in [6.45, 7) is 0.0565. The first-order valence-corrected chi connectivity index (χ1v) is 10.8. The Bertz CT molecular complexity index is 1110. The first-order chi connectivity index (χ1) is 15.2. The van der Waals surface area contributed by atoms with Crippen LogP contribution in [0.3, 0.4) is 0 Å². The standard InChI is InChI=1S/C22H18Cl2F2N2O4/c23-14-3-1-12(5-16(14)25)18-7-28(20(30)32-18)22-9-21(10-22,11-22)27-19(29)8-31-13-2-4-15(24)17(26)6-13/h1-6,18H,7-11H2,(H,27,29)/t18-,21?,22?/m1/s1. The SMILES string of the molecule is O=C(COc1ccc(Cl)c(F)c1)NC12CC(N3C[C@H](c4ccc(Cl)c(F)c4)OC3=O)(C1)C2. The monoisotopic (exact) mass is 482 g/mol. The summed E-state index contributed by atoms with van der Waals surface area (Å²) in [5.74, 6) is -1.30. The van der Waals surface area contributed by atoms with E-state index in [0.717, 1.165) is 6.07 Å². The third kappa shape index (κ3) is 3.55. The number of hydrogen-bond acceptors (Lipinski definition) is 4. The van der Waals surface area contributed by atoms with E-state index in [1.54, 1.807) is 11.0 Å². The summed E-state index contributed by atoms with van der Waals surface area (Å²) in [7, 11) is 0. The van der Waals surface area contributed by atoms with Gasteiger partial charge in [-0.25, -0.2) is 13.6 Å². The molecule has 3 aliphatic carbocycles. The van der Waals surface area contributed by atoms with Gasteiger partial charge in [0.1, 0.15) is 23.5 Å². The number of halogens is 4. The molecular weight excluding hydrogens is 465 g/mol. The van der Waals surface area contributed by atoms with Gasteiger partial charge < -0.3 is 14.8 Å². The molecule has 4 fully saturated rings. The molecule has 10 heteroatoms. The van der Waals surface area contributed by atoms with Crippen LogP contribution in [0, 0.1) is 11.6 Å². The fraction of sp³-hybridized carbons (Fsp3) is 0.364. The molecule has 0 unspecified atom stereocenters. The highest BCUT2D eigenvalue weighted by Gasteiger charge is 2.73. The van der Waals surface area contributed by atoms with Crippen LogP contribution in [0.2, 0.25) is 10.0 Å². The summed E-state index contributed by atoms with van der Waals surface area (Å²) < 4.78 is 38.0. The van der Waals surface area contributed by atoms with E-state index in [-0.39, 0.29) is 39.4 Å². The van der Waals surface area contributed by atoms with E-state index in [4.69, 9.17) is 32.7 Å². The molecule has 4 aliphatic rings. The van der Waals surface area contributed by atoms with Crippen LogP contribution in [0.25, 0.3) is 0 Å². The van der Waals surface area contributed by atoms with E-state index in [1.807, 2.05) is 0 Å².